The van der Waals surface area contributed by atoms with Crippen LogP contribution in [0.2, 0.25) is 0 Å². The lowest BCUT2D eigenvalue weighted by Crippen LogP contribution is -2.09. The first-order valence-corrected chi connectivity index (χ1v) is 6.53. The molecule has 2 aromatic rings. The lowest BCUT2D eigenvalue weighted by molar-refractivity contribution is 0.324. The maximum absolute atomic E-state index is 5.45. The third-order valence-electron chi connectivity index (χ3n) is 2.87. The van der Waals surface area contributed by atoms with Gasteiger partial charge in [0.25, 0.3) is 0 Å². The van der Waals surface area contributed by atoms with Crippen LogP contribution in [0.5, 0.6) is 5.88 Å². The monoisotopic (exact) mass is 257 g/mol. The molecule has 0 aliphatic heterocycles. The molecule has 0 aliphatic rings. The van der Waals surface area contributed by atoms with E-state index < -0.39 is 0 Å². The van der Waals surface area contributed by atoms with Crippen molar-refractivity contribution in [1.29, 1.82) is 0 Å². The zero-order valence-corrected chi connectivity index (χ0v) is 11.4. The molecule has 2 rings (SSSR count). The molecule has 19 heavy (non-hydrogen) atoms. The van der Waals surface area contributed by atoms with Crippen LogP contribution in [0.4, 0.5) is 5.82 Å². The van der Waals surface area contributed by atoms with E-state index in [9.17, 15) is 0 Å². The second kappa shape index (κ2) is 6.73. The highest BCUT2D eigenvalue weighted by Gasteiger charge is 2.06. The average Bonchev–Trinajstić information content (AvgIpc) is 2.44. The summed E-state index contributed by atoms with van der Waals surface area (Å²) in [5.41, 5.74) is 2.27. The van der Waals surface area contributed by atoms with E-state index >= 15 is 0 Å². The number of benzene rings is 1. The SMILES string of the molecule is CCOc1ncnc(NCCc2ccccc2)c1C. The number of hydrogen-bond donors (Lipinski definition) is 1. The lowest BCUT2D eigenvalue weighted by atomic mass is 10.1. The molecule has 1 heterocycles. The van der Waals surface area contributed by atoms with Crippen LogP contribution < -0.4 is 10.1 Å². The molecule has 0 amide bonds. The molecule has 4 nitrogen and oxygen atoms in total. The van der Waals surface area contributed by atoms with Crippen LogP contribution in [-0.4, -0.2) is 23.1 Å². The third-order valence-corrected chi connectivity index (χ3v) is 2.87. The van der Waals surface area contributed by atoms with Gasteiger partial charge in [0.1, 0.15) is 12.1 Å². The molecule has 0 saturated carbocycles. The number of nitrogens with one attached hydrogen (secondary N) is 1. The maximum atomic E-state index is 5.45. The highest BCUT2D eigenvalue weighted by molar-refractivity contribution is 5.47. The van der Waals surface area contributed by atoms with Crippen molar-refractivity contribution in [3.63, 3.8) is 0 Å². The van der Waals surface area contributed by atoms with E-state index in [4.69, 9.17) is 4.74 Å². The van der Waals surface area contributed by atoms with Crippen molar-refractivity contribution < 1.29 is 4.74 Å². The van der Waals surface area contributed by atoms with Crippen LogP contribution in [0.3, 0.4) is 0 Å². The number of anilines is 1. The van der Waals surface area contributed by atoms with Gasteiger partial charge in [-0.3, -0.25) is 0 Å². The highest BCUT2D eigenvalue weighted by atomic mass is 16.5. The Bertz CT molecular complexity index is 514. The normalized spacial score (nSPS) is 10.2. The van der Waals surface area contributed by atoms with Crippen molar-refractivity contribution in [2.24, 2.45) is 0 Å². The molecule has 0 unspecified atom stereocenters. The Labute approximate surface area is 113 Å². The molecule has 0 fully saturated rings. The van der Waals surface area contributed by atoms with Gasteiger partial charge >= 0.3 is 0 Å². The van der Waals surface area contributed by atoms with Gasteiger partial charge in [-0.15, -0.1) is 0 Å². The summed E-state index contributed by atoms with van der Waals surface area (Å²) in [6.07, 6.45) is 2.50. The van der Waals surface area contributed by atoms with Gasteiger partial charge in [0.15, 0.2) is 0 Å². The molecule has 0 bridgehead atoms. The van der Waals surface area contributed by atoms with Crippen LogP contribution in [-0.2, 0) is 6.42 Å². The smallest absolute Gasteiger partial charge is 0.221 e. The van der Waals surface area contributed by atoms with E-state index in [1.165, 1.54) is 11.9 Å². The van der Waals surface area contributed by atoms with Gasteiger partial charge in [-0.25, -0.2) is 9.97 Å². The number of ether oxygens (including phenoxy) is 1. The number of nitrogens with zero attached hydrogens (tertiary/aromatic N) is 2. The summed E-state index contributed by atoms with van der Waals surface area (Å²) in [6, 6.07) is 10.4. The molecule has 0 saturated heterocycles. The zero-order chi connectivity index (χ0) is 13.5. The maximum Gasteiger partial charge on any atom is 0.221 e. The van der Waals surface area contributed by atoms with Gasteiger partial charge in [-0.1, -0.05) is 30.3 Å². The van der Waals surface area contributed by atoms with E-state index in [0.717, 1.165) is 24.3 Å². The predicted octanol–water partition coefficient (Wildman–Crippen LogP) is 2.84. The topological polar surface area (TPSA) is 47.0 Å². The second-order valence-corrected chi connectivity index (χ2v) is 4.25. The Morgan fingerprint density at radius 2 is 1.95 bits per heavy atom. The summed E-state index contributed by atoms with van der Waals surface area (Å²) in [6.45, 7) is 5.37. The van der Waals surface area contributed by atoms with Crippen LogP contribution >= 0.6 is 0 Å². The summed E-state index contributed by atoms with van der Waals surface area (Å²) < 4.78 is 5.45. The van der Waals surface area contributed by atoms with Crippen molar-refractivity contribution in [1.82, 2.24) is 9.97 Å². The minimum atomic E-state index is 0.612. The fourth-order valence-electron chi connectivity index (χ4n) is 1.86. The number of aromatic nitrogens is 2. The molecule has 1 aromatic heterocycles. The molecule has 0 aliphatic carbocycles. The average molecular weight is 257 g/mol. The first kappa shape index (κ1) is 13.3. The van der Waals surface area contributed by atoms with Gasteiger partial charge in [-0.05, 0) is 25.8 Å². The van der Waals surface area contributed by atoms with E-state index in [-0.39, 0.29) is 0 Å². The Morgan fingerprint density at radius 3 is 2.68 bits per heavy atom. The number of hydrogen-bond acceptors (Lipinski definition) is 4. The van der Waals surface area contributed by atoms with Crippen LogP contribution in [0.1, 0.15) is 18.1 Å². The van der Waals surface area contributed by atoms with Gasteiger partial charge in [0.2, 0.25) is 5.88 Å². The van der Waals surface area contributed by atoms with E-state index in [0.29, 0.717) is 12.5 Å². The van der Waals surface area contributed by atoms with Crippen LogP contribution in [0.25, 0.3) is 0 Å². The fraction of sp³-hybridized carbons (Fsp3) is 0.333. The Morgan fingerprint density at radius 1 is 1.16 bits per heavy atom. The van der Waals surface area contributed by atoms with Crippen LogP contribution in [0, 0.1) is 6.92 Å². The largest absolute Gasteiger partial charge is 0.478 e. The van der Waals surface area contributed by atoms with Gasteiger partial charge < -0.3 is 10.1 Å². The van der Waals surface area contributed by atoms with E-state index in [1.807, 2.05) is 19.9 Å². The zero-order valence-electron chi connectivity index (χ0n) is 11.4. The summed E-state index contributed by atoms with van der Waals surface area (Å²) in [7, 11) is 0. The van der Waals surface area contributed by atoms with Gasteiger partial charge in [0.05, 0.1) is 12.2 Å². The quantitative estimate of drug-likeness (QED) is 0.864. The second-order valence-electron chi connectivity index (χ2n) is 4.25. The van der Waals surface area contributed by atoms with Crippen molar-refractivity contribution in [3.05, 3.63) is 47.8 Å². The van der Waals surface area contributed by atoms with Gasteiger partial charge in [-0.2, -0.15) is 0 Å². The standard InChI is InChI=1S/C15H19N3O/c1-3-19-15-12(2)14(17-11-18-15)16-10-9-13-7-5-4-6-8-13/h4-8,11H,3,9-10H2,1-2H3,(H,16,17,18). The minimum absolute atomic E-state index is 0.612. The number of rotatable bonds is 6. The molecule has 0 atom stereocenters. The molecular weight excluding hydrogens is 238 g/mol. The molecule has 4 heteroatoms. The van der Waals surface area contributed by atoms with Crippen LogP contribution in [0.15, 0.2) is 36.7 Å². The Kier molecular flexibility index (Phi) is 4.72. The molecular formula is C15H19N3O. The predicted molar refractivity (Wildman–Crippen MR) is 76.6 cm³/mol. The lowest BCUT2D eigenvalue weighted by Gasteiger charge is -2.11. The van der Waals surface area contributed by atoms with Crippen molar-refractivity contribution in [3.8, 4) is 5.88 Å². The summed E-state index contributed by atoms with van der Waals surface area (Å²) in [5, 5.41) is 3.33. The summed E-state index contributed by atoms with van der Waals surface area (Å²) >= 11 is 0. The highest BCUT2D eigenvalue weighted by Crippen LogP contribution is 2.20. The first-order chi connectivity index (χ1) is 9.31. The summed E-state index contributed by atoms with van der Waals surface area (Å²) in [5.74, 6) is 1.49. The van der Waals surface area contributed by atoms with E-state index in [2.05, 4.69) is 39.6 Å². The minimum Gasteiger partial charge on any atom is -0.478 e. The van der Waals surface area contributed by atoms with Crippen molar-refractivity contribution in [2.75, 3.05) is 18.5 Å². The molecule has 100 valence electrons. The van der Waals surface area contributed by atoms with Crippen molar-refractivity contribution >= 4 is 5.82 Å². The first-order valence-electron chi connectivity index (χ1n) is 6.53. The molecule has 0 radical (unpaired) electrons. The third kappa shape index (κ3) is 3.68. The molecule has 1 N–H and O–H groups in total. The fourth-order valence-corrected chi connectivity index (χ4v) is 1.86. The van der Waals surface area contributed by atoms with Crippen molar-refractivity contribution in [2.45, 2.75) is 20.3 Å². The Hall–Kier alpha value is -2.10. The molecule has 0 spiro atoms. The Balaban J connectivity index is 1.94. The summed E-state index contributed by atoms with van der Waals surface area (Å²) in [4.78, 5) is 8.37. The van der Waals surface area contributed by atoms with E-state index in [1.54, 1.807) is 0 Å². The molecule has 1 aromatic carbocycles. The van der Waals surface area contributed by atoms with Gasteiger partial charge in [0, 0.05) is 6.54 Å².